The van der Waals surface area contributed by atoms with Crippen LogP contribution in [0.4, 0.5) is 5.69 Å². The number of benzene rings is 2. The Morgan fingerprint density at radius 1 is 1.14 bits per heavy atom. The first-order chi connectivity index (χ1) is 17.5. The third-order valence-corrected chi connectivity index (χ3v) is 7.09. The van der Waals surface area contributed by atoms with Gasteiger partial charge in [0.15, 0.2) is 0 Å². The Hall–Kier alpha value is -3.51. The molecule has 0 radical (unpaired) electrons. The fourth-order valence-corrected chi connectivity index (χ4v) is 5.61. The van der Waals surface area contributed by atoms with Crippen molar-refractivity contribution in [3.05, 3.63) is 76.2 Å². The summed E-state index contributed by atoms with van der Waals surface area (Å²) in [6.07, 6.45) is 1.72. The van der Waals surface area contributed by atoms with E-state index in [9.17, 15) is 9.90 Å². The van der Waals surface area contributed by atoms with Gasteiger partial charge in [0, 0.05) is 41.0 Å². The number of hydrogen-bond donors (Lipinski definition) is 1. The number of hydrogen-bond acceptors (Lipinski definition) is 4. The van der Waals surface area contributed by atoms with E-state index < -0.39 is 11.6 Å². The number of carboxylic acids is 1. The predicted octanol–water partition coefficient (Wildman–Crippen LogP) is 6.80. The van der Waals surface area contributed by atoms with Crippen LogP contribution in [0.1, 0.15) is 43.3 Å². The molecule has 0 saturated carbocycles. The van der Waals surface area contributed by atoms with Gasteiger partial charge in [0.25, 0.3) is 0 Å². The second-order valence-electron chi connectivity index (χ2n) is 10.7. The van der Waals surface area contributed by atoms with E-state index in [1.807, 2.05) is 70.3 Å². The van der Waals surface area contributed by atoms with E-state index >= 15 is 0 Å². The van der Waals surface area contributed by atoms with Gasteiger partial charge in [-0.2, -0.15) is 0 Å². The largest absolute Gasteiger partial charge is 0.487 e. The number of carbonyl (C=O) groups is 1. The molecular weight excluding hydrogens is 486 g/mol. The summed E-state index contributed by atoms with van der Waals surface area (Å²) in [7, 11) is 0. The number of nitrogens with zero attached hydrogens (tertiary/aromatic N) is 3. The molecule has 192 valence electrons. The van der Waals surface area contributed by atoms with Crippen LogP contribution in [0.2, 0.25) is 5.02 Å². The van der Waals surface area contributed by atoms with Crippen LogP contribution in [0.5, 0.6) is 5.75 Å². The van der Waals surface area contributed by atoms with Crippen molar-refractivity contribution in [3.63, 3.8) is 0 Å². The van der Waals surface area contributed by atoms with Gasteiger partial charge in [-0.1, -0.05) is 17.7 Å². The van der Waals surface area contributed by atoms with E-state index in [2.05, 4.69) is 27.4 Å². The molecule has 0 aliphatic carbocycles. The van der Waals surface area contributed by atoms with E-state index in [1.54, 1.807) is 0 Å². The van der Waals surface area contributed by atoms with Crippen LogP contribution >= 0.6 is 11.6 Å². The number of aliphatic carboxylic acids is 1. The number of rotatable bonds is 6. The lowest BCUT2D eigenvalue weighted by atomic mass is 9.88. The number of aromatic nitrogens is 2. The number of aryl methyl sites for hydroxylation is 1. The van der Waals surface area contributed by atoms with Crippen molar-refractivity contribution in [1.82, 2.24) is 9.55 Å². The van der Waals surface area contributed by atoms with Crippen molar-refractivity contribution in [2.45, 2.75) is 59.7 Å². The maximum atomic E-state index is 12.2. The Balaban J connectivity index is 1.82. The number of pyridine rings is 1. The van der Waals surface area contributed by atoms with Gasteiger partial charge in [-0.05, 0) is 87.7 Å². The highest BCUT2D eigenvalue weighted by molar-refractivity contribution is 6.31. The predicted molar refractivity (Wildman–Crippen MR) is 149 cm³/mol. The standard InChI is InChI=1S/C30H32ClN3O3/c1-18-14-24-27(22-10-9-20(31)15-25(22)37-30(3,4)5)23(16-26(35)36)19(2)28-29(24)34(18)13-12-33(28)17-21-8-6-7-11-32-21/h6-11,14-15H,12-13,16-17H2,1-5H3,(H,35,36). The topological polar surface area (TPSA) is 67.6 Å². The van der Waals surface area contributed by atoms with Crippen molar-refractivity contribution in [3.8, 4) is 16.9 Å². The summed E-state index contributed by atoms with van der Waals surface area (Å²) in [5, 5.41) is 11.6. The molecular formula is C30H32ClN3O3. The van der Waals surface area contributed by atoms with Gasteiger partial charge in [0.05, 0.1) is 29.9 Å². The first-order valence-corrected chi connectivity index (χ1v) is 12.9. The molecule has 6 nitrogen and oxygen atoms in total. The van der Waals surface area contributed by atoms with Gasteiger partial charge in [-0.25, -0.2) is 0 Å². The summed E-state index contributed by atoms with van der Waals surface area (Å²) in [4.78, 5) is 19.1. The molecule has 2 aromatic heterocycles. The van der Waals surface area contributed by atoms with Crippen LogP contribution in [-0.4, -0.2) is 32.8 Å². The molecule has 0 fully saturated rings. The van der Waals surface area contributed by atoms with Crippen LogP contribution in [0.25, 0.3) is 22.0 Å². The number of ether oxygens (including phenoxy) is 1. The van der Waals surface area contributed by atoms with Crippen LogP contribution < -0.4 is 9.64 Å². The zero-order valence-corrected chi connectivity index (χ0v) is 22.7. The Labute approximate surface area is 222 Å². The SMILES string of the molecule is Cc1c(CC(=O)O)c(-c2ccc(Cl)cc2OC(C)(C)C)c2cc(C)n3c2c1N(Cc1ccccn1)CC3. The molecule has 1 aliphatic rings. The Morgan fingerprint density at radius 2 is 1.92 bits per heavy atom. The number of halogens is 1. The average Bonchev–Trinajstić information content (AvgIpc) is 3.14. The van der Waals surface area contributed by atoms with Gasteiger partial charge in [0.1, 0.15) is 11.4 Å². The summed E-state index contributed by atoms with van der Waals surface area (Å²) in [5.74, 6) is -0.223. The molecule has 0 bridgehead atoms. The van der Waals surface area contributed by atoms with Crippen molar-refractivity contribution in [1.29, 1.82) is 0 Å². The summed E-state index contributed by atoms with van der Waals surface area (Å²) >= 11 is 6.40. The summed E-state index contributed by atoms with van der Waals surface area (Å²) in [5.41, 5.74) is 7.39. The van der Waals surface area contributed by atoms with Gasteiger partial charge < -0.3 is 19.3 Å². The quantitative estimate of drug-likeness (QED) is 0.304. The molecule has 5 rings (SSSR count). The molecule has 3 heterocycles. The van der Waals surface area contributed by atoms with E-state index in [4.69, 9.17) is 16.3 Å². The third kappa shape index (κ3) is 4.78. The van der Waals surface area contributed by atoms with Crippen LogP contribution in [-0.2, 0) is 24.3 Å². The van der Waals surface area contributed by atoms with Gasteiger partial charge in [-0.3, -0.25) is 9.78 Å². The second-order valence-corrected chi connectivity index (χ2v) is 11.1. The number of anilines is 1. The van der Waals surface area contributed by atoms with E-state index in [-0.39, 0.29) is 6.42 Å². The molecule has 1 aliphatic heterocycles. The minimum absolute atomic E-state index is 0.0939. The monoisotopic (exact) mass is 517 g/mol. The molecule has 0 saturated heterocycles. The maximum absolute atomic E-state index is 12.2. The Kier molecular flexibility index (Phi) is 6.40. The molecule has 0 atom stereocenters. The number of carboxylic acid groups (broad SMARTS) is 1. The van der Waals surface area contributed by atoms with Crippen molar-refractivity contribution >= 4 is 34.2 Å². The van der Waals surface area contributed by atoms with Crippen molar-refractivity contribution in [2.24, 2.45) is 0 Å². The van der Waals surface area contributed by atoms with Crippen LogP contribution in [0.3, 0.4) is 0 Å². The molecule has 0 spiro atoms. The van der Waals surface area contributed by atoms with Gasteiger partial charge in [-0.15, -0.1) is 0 Å². The van der Waals surface area contributed by atoms with E-state index in [0.717, 1.165) is 63.3 Å². The molecule has 7 heteroatoms. The lowest BCUT2D eigenvalue weighted by Gasteiger charge is -2.34. The van der Waals surface area contributed by atoms with E-state index in [1.165, 1.54) is 0 Å². The minimum atomic E-state index is -0.869. The summed E-state index contributed by atoms with van der Waals surface area (Å²) < 4.78 is 8.72. The molecule has 37 heavy (non-hydrogen) atoms. The van der Waals surface area contributed by atoms with Gasteiger partial charge >= 0.3 is 5.97 Å². The van der Waals surface area contributed by atoms with E-state index in [0.29, 0.717) is 17.3 Å². The maximum Gasteiger partial charge on any atom is 0.307 e. The highest BCUT2D eigenvalue weighted by atomic mass is 35.5. The highest BCUT2D eigenvalue weighted by Gasteiger charge is 2.30. The molecule has 0 amide bonds. The van der Waals surface area contributed by atoms with Crippen molar-refractivity contribution < 1.29 is 14.6 Å². The molecule has 1 N–H and O–H groups in total. The normalized spacial score (nSPS) is 13.3. The fourth-order valence-electron chi connectivity index (χ4n) is 5.44. The highest BCUT2D eigenvalue weighted by Crippen LogP contribution is 2.48. The first kappa shape index (κ1) is 25.2. The van der Waals surface area contributed by atoms with Crippen LogP contribution in [0, 0.1) is 13.8 Å². The van der Waals surface area contributed by atoms with Gasteiger partial charge in [0.2, 0.25) is 0 Å². The molecule has 4 aromatic rings. The Morgan fingerprint density at radius 3 is 2.59 bits per heavy atom. The lowest BCUT2D eigenvalue weighted by molar-refractivity contribution is -0.136. The zero-order valence-electron chi connectivity index (χ0n) is 21.9. The molecule has 0 unspecified atom stereocenters. The third-order valence-electron chi connectivity index (χ3n) is 6.85. The summed E-state index contributed by atoms with van der Waals surface area (Å²) in [6, 6.07) is 13.7. The zero-order chi connectivity index (χ0) is 26.5. The van der Waals surface area contributed by atoms with Crippen LogP contribution in [0.15, 0.2) is 48.7 Å². The average molecular weight is 518 g/mol. The fraction of sp³-hybridized carbons (Fsp3) is 0.333. The first-order valence-electron chi connectivity index (χ1n) is 12.5. The van der Waals surface area contributed by atoms with Crippen molar-refractivity contribution in [2.75, 3.05) is 11.4 Å². The molecule has 2 aromatic carbocycles. The second kappa shape index (κ2) is 9.42. The smallest absolute Gasteiger partial charge is 0.307 e. The lowest BCUT2D eigenvalue weighted by Crippen LogP contribution is -2.32. The Bertz CT molecular complexity index is 1500. The summed E-state index contributed by atoms with van der Waals surface area (Å²) in [6.45, 7) is 12.5. The minimum Gasteiger partial charge on any atom is -0.487 e.